The normalized spacial score (nSPS) is 24.3. The van der Waals surface area contributed by atoms with Gasteiger partial charge in [0, 0.05) is 12.6 Å². The van der Waals surface area contributed by atoms with Crippen molar-refractivity contribution in [3.63, 3.8) is 0 Å². The number of nitrogens with two attached hydrogens (primary N) is 1. The monoisotopic (exact) mass is 273 g/mol. The third-order valence-electron chi connectivity index (χ3n) is 2.97. The highest BCUT2D eigenvalue weighted by Gasteiger charge is 2.26. The predicted octanol–water partition coefficient (Wildman–Crippen LogP) is -0.961. The van der Waals surface area contributed by atoms with Crippen LogP contribution in [-0.4, -0.2) is 48.3 Å². The summed E-state index contributed by atoms with van der Waals surface area (Å²) in [5, 5.41) is 13.8. The van der Waals surface area contributed by atoms with Crippen molar-refractivity contribution >= 4 is 17.9 Å². The molecular weight excluding hydrogens is 254 g/mol. The second-order valence-electron chi connectivity index (χ2n) is 4.63. The Kier molecular flexibility index (Phi) is 5.56. The molecular formula is C11H19N3O5. The van der Waals surface area contributed by atoms with Crippen molar-refractivity contribution in [2.45, 2.75) is 31.8 Å². The molecule has 0 aromatic heterocycles. The van der Waals surface area contributed by atoms with E-state index in [0.29, 0.717) is 19.6 Å². The number of carboxylic acids is 1. The fourth-order valence-corrected chi connectivity index (χ4v) is 1.86. The van der Waals surface area contributed by atoms with E-state index >= 15 is 0 Å². The Labute approximate surface area is 110 Å². The molecule has 3 atom stereocenters. The smallest absolute Gasteiger partial charge is 0.326 e. The summed E-state index contributed by atoms with van der Waals surface area (Å²) in [5.74, 6) is -1.93. The average Bonchev–Trinajstić information content (AvgIpc) is 2.30. The molecule has 0 radical (unpaired) electrons. The molecule has 8 heteroatoms. The van der Waals surface area contributed by atoms with E-state index in [1.807, 2.05) is 6.92 Å². The zero-order valence-corrected chi connectivity index (χ0v) is 10.7. The molecule has 1 saturated heterocycles. The lowest BCUT2D eigenvalue weighted by molar-refractivity contribution is -0.140. The number of nitrogens with one attached hydrogen (secondary N) is 2. The van der Waals surface area contributed by atoms with Crippen LogP contribution in [-0.2, 0) is 14.3 Å². The summed E-state index contributed by atoms with van der Waals surface area (Å²) in [6.07, 6.45) is 0.230. The molecule has 108 valence electrons. The van der Waals surface area contributed by atoms with E-state index in [2.05, 4.69) is 10.6 Å². The van der Waals surface area contributed by atoms with Gasteiger partial charge in [0.05, 0.1) is 13.0 Å². The molecule has 19 heavy (non-hydrogen) atoms. The van der Waals surface area contributed by atoms with Gasteiger partial charge in [-0.15, -0.1) is 0 Å². The van der Waals surface area contributed by atoms with Gasteiger partial charge in [-0.1, -0.05) is 6.92 Å². The molecule has 1 heterocycles. The quantitative estimate of drug-likeness (QED) is 0.512. The van der Waals surface area contributed by atoms with Gasteiger partial charge >= 0.3 is 12.0 Å². The number of rotatable bonds is 5. The summed E-state index contributed by atoms with van der Waals surface area (Å²) in [4.78, 5) is 33.2. The molecule has 8 nitrogen and oxygen atoms in total. The van der Waals surface area contributed by atoms with Crippen LogP contribution >= 0.6 is 0 Å². The van der Waals surface area contributed by atoms with Crippen LogP contribution in [0.3, 0.4) is 0 Å². The molecule has 0 spiro atoms. The lowest BCUT2D eigenvalue weighted by Gasteiger charge is -2.30. The van der Waals surface area contributed by atoms with E-state index in [1.54, 1.807) is 0 Å². The summed E-state index contributed by atoms with van der Waals surface area (Å²) in [5.41, 5.74) is 4.92. The molecule has 5 N–H and O–H groups in total. The highest BCUT2D eigenvalue weighted by Crippen LogP contribution is 2.13. The maximum atomic E-state index is 11.7. The Morgan fingerprint density at radius 1 is 1.47 bits per heavy atom. The van der Waals surface area contributed by atoms with Crippen LogP contribution in [0.2, 0.25) is 0 Å². The maximum Gasteiger partial charge on any atom is 0.326 e. The summed E-state index contributed by atoms with van der Waals surface area (Å²) in [6.45, 7) is 3.04. The van der Waals surface area contributed by atoms with Gasteiger partial charge in [-0.2, -0.15) is 0 Å². The molecule has 0 aliphatic carbocycles. The molecule has 0 aromatic rings. The number of ether oxygens (including phenoxy) is 1. The molecule has 1 aliphatic heterocycles. The molecule has 2 unspecified atom stereocenters. The van der Waals surface area contributed by atoms with Crippen LogP contribution in [0.15, 0.2) is 0 Å². The molecule has 0 aromatic carbocycles. The van der Waals surface area contributed by atoms with E-state index in [1.165, 1.54) is 0 Å². The van der Waals surface area contributed by atoms with E-state index in [4.69, 9.17) is 15.6 Å². The minimum Gasteiger partial charge on any atom is -0.480 e. The number of hydrogen-bond donors (Lipinski definition) is 4. The second kappa shape index (κ2) is 6.93. The molecule has 1 aliphatic rings. The van der Waals surface area contributed by atoms with Crippen LogP contribution < -0.4 is 16.4 Å². The minimum absolute atomic E-state index is 0.0724. The summed E-state index contributed by atoms with van der Waals surface area (Å²) < 4.78 is 5.24. The van der Waals surface area contributed by atoms with Gasteiger partial charge in [0.1, 0.15) is 6.04 Å². The number of carbonyl (C=O) groups excluding carboxylic acids is 2. The number of hydrogen-bond acceptors (Lipinski definition) is 4. The van der Waals surface area contributed by atoms with Crippen molar-refractivity contribution in [2.75, 3.05) is 13.2 Å². The van der Waals surface area contributed by atoms with Gasteiger partial charge in [-0.05, 0) is 12.3 Å². The number of carbonyl (C=O) groups is 3. The van der Waals surface area contributed by atoms with Crippen molar-refractivity contribution in [1.82, 2.24) is 10.6 Å². The zero-order valence-electron chi connectivity index (χ0n) is 10.7. The van der Waals surface area contributed by atoms with Crippen LogP contribution in [0.4, 0.5) is 4.79 Å². The SMILES string of the molecule is CC1COCCC1NC(=O)N[C@@H](CC(N)=O)C(=O)O. The topological polar surface area (TPSA) is 131 Å². The Balaban J connectivity index is 2.47. The minimum atomic E-state index is -1.31. The molecule has 1 rings (SSSR count). The molecule has 0 saturated carbocycles. The van der Waals surface area contributed by atoms with Crippen molar-refractivity contribution in [3.05, 3.63) is 0 Å². The van der Waals surface area contributed by atoms with E-state index in [-0.39, 0.29) is 12.0 Å². The standard InChI is InChI=1S/C11H19N3O5/c1-6-5-19-3-2-7(6)13-11(18)14-8(10(16)17)4-9(12)15/h6-8H,2-5H2,1H3,(H2,12,15)(H,16,17)(H2,13,14,18)/t6?,7?,8-/m0/s1. The first-order chi connectivity index (χ1) is 8.90. The first kappa shape index (κ1) is 15.2. The van der Waals surface area contributed by atoms with Gasteiger partial charge in [0.25, 0.3) is 0 Å². The molecule has 1 fully saturated rings. The van der Waals surface area contributed by atoms with Crippen LogP contribution in [0.25, 0.3) is 0 Å². The van der Waals surface area contributed by atoms with Crippen molar-refractivity contribution < 1.29 is 24.2 Å². The number of carboxylic acid groups (broad SMARTS) is 1. The highest BCUT2D eigenvalue weighted by atomic mass is 16.5. The Morgan fingerprint density at radius 3 is 2.68 bits per heavy atom. The number of primary amides is 1. The summed E-state index contributed by atoms with van der Waals surface area (Å²) >= 11 is 0. The van der Waals surface area contributed by atoms with Crippen LogP contribution in [0, 0.1) is 5.92 Å². The van der Waals surface area contributed by atoms with Gasteiger partial charge in [-0.3, -0.25) is 4.79 Å². The predicted molar refractivity (Wildman–Crippen MR) is 65.3 cm³/mol. The van der Waals surface area contributed by atoms with Crippen LogP contribution in [0.1, 0.15) is 19.8 Å². The fourth-order valence-electron chi connectivity index (χ4n) is 1.86. The third kappa shape index (κ3) is 5.12. The van der Waals surface area contributed by atoms with Crippen molar-refractivity contribution in [3.8, 4) is 0 Å². The second-order valence-corrected chi connectivity index (χ2v) is 4.63. The van der Waals surface area contributed by atoms with Crippen molar-refractivity contribution in [1.29, 1.82) is 0 Å². The van der Waals surface area contributed by atoms with Crippen LogP contribution in [0.5, 0.6) is 0 Å². The number of aliphatic carboxylic acids is 1. The lowest BCUT2D eigenvalue weighted by atomic mass is 9.98. The van der Waals surface area contributed by atoms with Gasteiger partial charge in [-0.25, -0.2) is 9.59 Å². The summed E-state index contributed by atoms with van der Waals surface area (Å²) in [6, 6.07) is -2.00. The number of amides is 3. The van der Waals surface area contributed by atoms with E-state index in [9.17, 15) is 14.4 Å². The van der Waals surface area contributed by atoms with Gasteiger partial charge in [0.15, 0.2) is 0 Å². The zero-order chi connectivity index (χ0) is 14.4. The van der Waals surface area contributed by atoms with E-state index < -0.39 is 30.4 Å². The lowest BCUT2D eigenvalue weighted by Crippen LogP contribution is -2.53. The van der Waals surface area contributed by atoms with E-state index in [0.717, 1.165) is 0 Å². The summed E-state index contributed by atoms with van der Waals surface area (Å²) in [7, 11) is 0. The highest BCUT2D eigenvalue weighted by molar-refractivity contribution is 5.87. The average molecular weight is 273 g/mol. The first-order valence-corrected chi connectivity index (χ1v) is 6.06. The Hall–Kier alpha value is -1.83. The largest absolute Gasteiger partial charge is 0.480 e. The Bertz CT molecular complexity index is 360. The number of urea groups is 1. The maximum absolute atomic E-state index is 11.7. The van der Waals surface area contributed by atoms with Gasteiger partial charge < -0.3 is 26.2 Å². The Morgan fingerprint density at radius 2 is 2.16 bits per heavy atom. The molecule has 3 amide bonds. The van der Waals surface area contributed by atoms with Crippen molar-refractivity contribution in [2.24, 2.45) is 11.7 Å². The third-order valence-corrected chi connectivity index (χ3v) is 2.97. The fraction of sp³-hybridized carbons (Fsp3) is 0.727. The first-order valence-electron chi connectivity index (χ1n) is 6.06. The molecule has 0 bridgehead atoms. The van der Waals surface area contributed by atoms with Gasteiger partial charge in [0.2, 0.25) is 5.91 Å².